The van der Waals surface area contributed by atoms with E-state index in [1.54, 1.807) is 0 Å². The zero-order chi connectivity index (χ0) is 48.6. The molecule has 0 heterocycles. The molecule has 67 heavy (non-hydrogen) atoms. The predicted molar refractivity (Wildman–Crippen MR) is 288 cm³/mol. The molecule has 0 spiro atoms. The maximum absolute atomic E-state index is 12.8. The van der Waals surface area contributed by atoms with Crippen LogP contribution in [0.1, 0.15) is 239 Å². The Labute approximate surface area is 412 Å². The van der Waals surface area contributed by atoms with Crippen LogP contribution in [0, 0.1) is 0 Å². The molecule has 380 valence electrons. The second kappa shape index (κ2) is 54.7. The molecular formula is C61H100O6. The van der Waals surface area contributed by atoms with E-state index >= 15 is 0 Å². The molecule has 0 amide bonds. The quantitative estimate of drug-likeness (QED) is 0.0262. The van der Waals surface area contributed by atoms with E-state index in [1.807, 2.05) is 0 Å². The van der Waals surface area contributed by atoms with Crippen molar-refractivity contribution >= 4 is 17.9 Å². The van der Waals surface area contributed by atoms with E-state index in [0.29, 0.717) is 19.3 Å². The number of esters is 3. The molecule has 0 N–H and O–H groups in total. The summed E-state index contributed by atoms with van der Waals surface area (Å²) < 4.78 is 16.7. The Morgan fingerprint density at radius 1 is 0.313 bits per heavy atom. The molecule has 0 aromatic carbocycles. The van der Waals surface area contributed by atoms with Crippen molar-refractivity contribution in [1.82, 2.24) is 0 Å². The van der Waals surface area contributed by atoms with Gasteiger partial charge in [-0.3, -0.25) is 14.4 Å². The van der Waals surface area contributed by atoms with Crippen molar-refractivity contribution in [3.05, 3.63) is 109 Å². The molecule has 0 saturated heterocycles. The minimum absolute atomic E-state index is 0.113. The highest BCUT2D eigenvalue weighted by molar-refractivity contribution is 5.71. The van der Waals surface area contributed by atoms with Gasteiger partial charge in [0.05, 0.1) is 0 Å². The van der Waals surface area contributed by atoms with Gasteiger partial charge in [-0.1, -0.05) is 207 Å². The van der Waals surface area contributed by atoms with Crippen LogP contribution in [0.3, 0.4) is 0 Å². The summed E-state index contributed by atoms with van der Waals surface area (Å²) in [5.41, 5.74) is 0. The van der Waals surface area contributed by atoms with Gasteiger partial charge >= 0.3 is 17.9 Å². The summed E-state index contributed by atoms with van der Waals surface area (Å²) in [6.45, 7) is 6.42. The number of carbonyl (C=O) groups is 3. The third-order valence-electron chi connectivity index (χ3n) is 11.2. The van der Waals surface area contributed by atoms with E-state index in [9.17, 15) is 14.4 Å². The molecule has 0 aromatic rings. The summed E-state index contributed by atoms with van der Waals surface area (Å²) in [5.74, 6) is -1.01. The van der Waals surface area contributed by atoms with Crippen molar-refractivity contribution in [2.24, 2.45) is 0 Å². The maximum atomic E-state index is 12.8. The van der Waals surface area contributed by atoms with Crippen molar-refractivity contribution in [2.45, 2.75) is 245 Å². The molecule has 0 unspecified atom stereocenters. The second-order valence-corrected chi connectivity index (χ2v) is 17.7. The number of allylic oxidation sites excluding steroid dienone is 18. The van der Waals surface area contributed by atoms with Crippen LogP contribution in [-0.2, 0) is 28.6 Å². The zero-order valence-electron chi connectivity index (χ0n) is 43.4. The highest BCUT2D eigenvalue weighted by atomic mass is 16.6. The van der Waals surface area contributed by atoms with Crippen molar-refractivity contribution in [3.8, 4) is 0 Å². The molecule has 0 aromatic heterocycles. The monoisotopic (exact) mass is 929 g/mol. The summed E-state index contributed by atoms with van der Waals surface area (Å²) in [5, 5.41) is 0. The van der Waals surface area contributed by atoms with E-state index in [0.717, 1.165) is 103 Å². The molecule has 0 fully saturated rings. The SMILES string of the molecule is CC/C=C\C/C=C\C/C=C\C/C=C\C/C=C\CCCCCC(=O)O[C@H](COC(=O)CCC/C=C\C/C=C\C/C=C\CCCCCCCC)COC(=O)CCCCCCC/C=C\CCCCCC. The molecular weight excluding hydrogens is 829 g/mol. The Kier molecular flexibility index (Phi) is 51.5. The number of hydrogen-bond donors (Lipinski definition) is 0. The molecule has 0 saturated carbocycles. The van der Waals surface area contributed by atoms with Crippen LogP contribution in [-0.4, -0.2) is 37.2 Å². The summed E-state index contributed by atoms with van der Waals surface area (Å²) in [6, 6.07) is 0. The van der Waals surface area contributed by atoms with E-state index in [-0.39, 0.29) is 44.0 Å². The lowest BCUT2D eigenvalue weighted by atomic mass is 10.1. The average Bonchev–Trinajstić information content (AvgIpc) is 3.33. The van der Waals surface area contributed by atoms with E-state index in [2.05, 4.69) is 130 Å². The first kappa shape index (κ1) is 63.1. The average molecular weight is 929 g/mol. The van der Waals surface area contributed by atoms with Crippen molar-refractivity contribution in [3.63, 3.8) is 0 Å². The van der Waals surface area contributed by atoms with Crippen LogP contribution in [0.4, 0.5) is 0 Å². The van der Waals surface area contributed by atoms with Gasteiger partial charge in [-0.25, -0.2) is 0 Å². The molecule has 0 aliphatic rings. The Balaban J connectivity index is 4.55. The van der Waals surface area contributed by atoms with Crippen molar-refractivity contribution < 1.29 is 28.6 Å². The number of ether oxygens (including phenoxy) is 3. The topological polar surface area (TPSA) is 78.9 Å². The van der Waals surface area contributed by atoms with Crippen LogP contribution in [0.25, 0.3) is 0 Å². The van der Waals surface area contributed by atoms with Gasteiger partial charge in [0.2, 0.25) is 0 Å². The smallest absolute Gasteiger partial charge is 0.306 e. The summed E-state index contributed by atoms with van der Waals surface area (Å²) in [4.78, 5) is 38.0. The lowest BCUT2D eigenvalue weighted by Gasteiger charge is -2.18. The van der Waals surface area contributed by atoms with Crippen LogP contribution < -0.4 is 0 Å². The van der Waals surface area contributed by atoms with Gasteiger partial charge in [0.25, 0.3) is 0 Å². The fraction of sp³-hybridized carbons (Fsp3) is 0.656. The number of carbonyl (C=O) groups excluding carboxylic acids is 3. The van der Waals surface area contributed by atoms with Gasteiger partial charge in [0, 0.05) is 19.3 Å². The summed E-state index contributed by atoms with van der Waals surface area (Å²) in [6.07, 6.45) is 73.6. The van der Waals surface area contributed by atoms with Gasteiger partial charge in [-0.15, -0.1) is 0 Å². The first-order chi connectivity index (χ1) is 33.0. The third kappa shape index (κ3) is 52.9. The van der Waals surface area contributed by atoms with Gasteiger partial charge < -0.3 is 14.2 Å². The Morgan fingerprint density at radius 3 is 1.01 bits per heavy atom. The van der Waals surface area contributed by atoms with Gasteiger partial charge in [-0.2, -0.15) is 0 Å². The van der Waals surface area contributed by atoms with Gasteiger partial charge in [-0.05, 0) is 122 Å². The minimum atomic E-state index is -0.821. The largest absolute Gasteiger partial charge is 0.462 e. The highest BCUT2D eigenvalue weighted by Gasteiger charge is 2.19. The molecule has 6 nitrogen and oxygen atoms in total. The van der Waals surface area contributed by atoms with Crippen LogP contribution in [0.2, 0.25) is 0 Å². The van der Waals surface area contributed by atoms with Crippen LogP contribution in [0.5, 0.6) is 0 Å². The molecule has 6 heteroatoms. The second-order valence-electron chi connectivity index (χ2n) is 17.7. The Morgan fingerprint density at radius 2 is 0.597 bits per heavy atom. The molecule has 1 atom stereocenters. The fourth-order valence-electron chi connectivity index (χ4n) is 7.13. The number of rotatable bonds is 48. The summed E-state index contributed by atoms with van der Waals surface area (Å²) >= 11 is 0. The van der Waals surface area contributed by atoms with E-state index < -0.39 is 6.10 Å². The zero-order valence-corrected chi connectivity index (χ0v) is 43.4. The maximum Gasteiger partial charge on any atom is 0.306 e. The van der Waals surface area contributed by atoms with Crippen molar-refractivity contribution in [1.29, 1.82) is 0 Å². The molecule has 0 radical (unpaired) electrons. The van der Waals surface area contributed by atoms with E-state index in [1.165, 1.54) is 83.5 Å². The molecule has 0 aliphatic heterocycles. The van der Waals surface area contributed by atoms with Gasteiger partial charge in [0.1, 0.15) is 13.2 Å². The van der Waals surface area contributed by atoms with E-state index in [4.69, 9.17) is 14.2 Å². The number of hydrogen-bond acceptors (Lipinski definition) is 6. The number of unbranched alkanes of at least 4 members (excludes halogenated alkanes) is 19. The lowest BCUT2D eigenvalue weighted by molar-refractivity contribution is -0.167. The Hall–Kier alpha value is -3.93. The molecule has 0 rings (SSSR count). The van der Waals surface area contributed by atoms with Crippen LogP contribution >= 0.6 is 0 Å². The van der Waals surface area contributed by atoms with Crippen molar-refractivity contribution in [2.75, 3.05) is 13.2 Å². The predicted octanol–water partition coefficient (Wildman–Crippen LogP) is 18.3. The normalized spacial score (nSPS) is 12.9. The molecule has 0 bridgehead atoms. The van der Waals surface area contributed by atoms with Crippen LogP contribution in [0.15, 0.2) is 109 Å². The first-order valence-corrected chi connectivity index (χ1v) is 27.4. The highest BCUT2D eigenvalue weighted by Crippen LogP contribution is 2.12. The summed E-state index contributed by atoms with van der Waals surface area (Å²) in [7, 11) is 0. The molecule has 0 aliphatic carbocycles. The lowest BCUT2D eigenvalue weighted by Crippen LogP contribution is -2.30. The first-order valence-electron chi connectivity index (χ1n) is 27.4. The third-order valence-corrected chi connectivity index (χ3v) is 11.2. The van der Waals surface area contributed by atoms with Gasteiger partial charge in [0.15, 0.2) is 6.10 Å². The fourth-order valence-corrected chi connectivity index (χ4v) is 7.13. The standard InChI is InChI=1S/C61H100O6/c1-4-7-10-13-16-19-22-25-27-29-30-32-34-37-40-43-46-49-52-55-61(64)67-58(56-65-59(62)53-50-47-44-41-38-35-24-21-18-15-12-9-6-3)57-66-60(63)54-51-48-45-42-39-36-33-31-28-26-23-20-17-14-11-8-5-2/h7,10,16,19,21,24-28,30,32-33,36-37,40,42,45,58H,4-6,8-9,11-15,17-18,20,22-23,29,31,34-35,38-39,41,43-44,46-57H2,1-3H3/b10-7-,19-16-,24-21-,27-25-,28-26-,32-30-,36-33-,40-37-,45-42-/t58-/m0/s1. The minimum Gasteiger partial charge on any atom is -0.462 e. The Bertz CT molecular complexity index is 1390.